The van der Waals surface area contributed by atoms with E-state index < -0.39 is 5.23 Å². The minimum absolute atomic E-state index is 0.263. The summed E-state index contributed by atoms with van der Waals surface area (Å²) in [6.07, 6.45) is 0. The largest absolute Gasteiger partial charge is 0.585 e. The van der Waals surface area contributed by atoms with Crippen LogP contribution in [-0.4, -0.2) is 0 Å². The number of nitrogen functional groups attached to an aromatic ring is 1. The standard InChI is InChI=1S/C12H11N3O3/c13-9-1-7-12(8-2-9)18-15(17)11-5-3-10(14-16)4-6-11/h1-8,15H,13H2. The highest BCUT2D eigenvalue weighted by atomic mass is 16.9. The fourth-order valence-electron chi connectivity index (χ4n) is 1.36. The van der Waals surface area contributed by atoms with E-state index in [1.165, 1.54) is 24.3 Å². The molecule has 0 aliphatic heterocycles. The molecule has 3 N–H and O–H groups in total. The second kappa shape index (κ2) is 5.26. The first-order valence-corrected chi connectivity index (χ1v) is 5.20. The molecule has 18 heavy (non-hydrogen) atoms. The van der Waals surface area contributed by atoms with Crippen molar-refractivity contribution in [1.29, 1.82) is 0 Å². The number of rotatable bonds is 4. The van der Waals surface area contributed by atoms with Crippen LogP contribution in [0.15, 0.2) is 53.7 Å². The number of nitrogens with zero attached hydrogens (tertiary/aromatic N) is 1. The molecule has 92 valence electrons. The van der Waals surface area contributed by atoms with Crippen LogP contribution in [0.4, 0.5) is 17.1 Å². The molecule has 2 rings (SSSR count). The van der Waals surface area contributed by atoms with Gasteiger partial charge in [0.1, 0.15) is 5.69 Å². The summed E-state index contributed by atoms with van der Waals surface area (Å²) < 4.78 is 0. The number of nitrogens with one attached hydrogen (secondary N) is 1. The molecule has 6 heteroatoms. The van der Waals surface area contributed by atoms with Gasteiger partial charge in [-0.2, -0.15) is 0 Å². The van der Waals surface area contributed by atoms with Gasteiger partial charge >= 0.3 is 0 Å². The van der Waals surface area contributed by atoms with E-state index in [1.54, 1.807) is 24.3 Å². The lowest BCUT2D eigenvalue weighted by molar-refractivity contribution is -0.963. The number of nitrogens with two attached hydrogens (primary N) is 1. The third kappa shape index (κ3) is 2.82. The lowest BCUT2D eigenvalue weighted by Gasteiger charge is -2.19. The maximum atomic E-state index is 11.7. The zero-order valence-electron chi connectivity index (χ0n) is 9.37. The summed E-state index contributed by atoms with van der Waals surface area (Å²) in [4.78, 5) is 15.4. The number of benzene rings is 2. The van der Waals surface area contributed by atoms with Crippen molar-refractivity contribution >= 4 is 17.1 Å². The number of quaternary nitrogens is 1. The van der Waals surface area contributed by atoms with Crippen molar-refractivity contribution in [2.75, 3.05) is 5.73 Å². The molecule has 6 nitrogen and oxygen atoms in total. The number of anilines is 1. The summed E-state index contributed by atoms with van der Waals surface area (Å²) in [5.74, 6) is 0.409. The van der Waals surface area contributed by atoms with Crippen LogP contribution in [0.5, 0.6) is 5.75 Å². The van der Waals surface area contributed by atoms with Crippen LogP contribution in [0, 0.1) is 10.1 Å². The Balaban J connectivity index is 2.08. The molecule has 0 spiro atoms. The van der Waals surface area contributed by atoms with Gasteiger partial charge in [0, 0.05) is 17.8 Å². The highest BCUT2D eigenvalue weighted by Crippen LogP contribution is 2.14. The molecule has 1 atom stereocenters. The molecule has 0 fully saturated rings. The highest BCUT2D eigenvalue weighted by Gasteiger charge is 2.05. The Kier molecular flexibility index (Phi) is 3.52. The van der Waals surface area contributed by atoms with Crippen molar-refractivity contribution in [1.82, 2.24) is 0 Å². The predicted octanol–water partition coefficient (Wildman–Crippen LogP) is 1.67. The first-order valence-electron chi connectivity index (χ1n) is 5.20. The molecule has 0 aliphatic carbocycles. The van der Waals surface area contributed by atoms with Crippen LogP contribution in [-0.2, 0) is 0 Å². The van der Waals surface area contributed by atoms with Crippen LogP contribution in [0.1, 0.15) is 0 Å². The van der Waals surface area contributed by atoms with E-state index >= 15 is 0 Å². The van der Waals surface area contributed by atoms with Gasteiger partial charge in [-0.3, -0.25) is 0 Å². The van der Waals surface area contributed by atoms with Crippen molar-refractivity contribution in [3.63, 3.8) is 0 Å². The Morgan fingerprint density at radius 3 is 2.22 bits per heavy atom. The topological polar surface area (TPSA) is 92.2 Å². The van der Waals surface area contributed by atoms with Crippen LogP contribution < -0.4 is 15.8 Å². The Hall–Kier alpha value is -2.44. The molecule has 0 aliphatic rings. The average Bonchev–Trinajstić information content (AvgIpc) is 2.41. The summed E-state index contributed by atoms with van der Waals surface area (Å²) in [6.45, 7) is 0. The van der Waals surface area contributed by atoms with E-state index in [2.05, 4.69) is 5.18 Å². The summed E-state index contributed by atoms with van der Waals surface area (Å²) in [7, 11) is 0. The molecule has 0 amide bonds. The summed E-state index contributed by atoms with van der Waals surface area (Å²) in [5.41, 5.74) is 6.72. The van der Waals surface area contributed by atoms with Crippen LogP contribution in [0.2, 0.25) is 0 Å². The van der Waals surface area contributed by atoms with Crippen LogP contribution >= 0.6 is 0 Å². The smallest absolute Gasteiger partial charge is 0.191 e. The van der Waals surface area contributed by atoms with Crippen molar-refractivity contribution in [2.45, 2.75) is 0 Å². The second-order valence-electron chi connectivity index (χ2n) is 3.60. The quantitative estimate of drug-likeness (QED) is 0.487. The van der Waals surface area contributed by atoms with Gasteiger partial charge in [0.2, 0.25) is 0 Å². The van der Waals surface area contributed by atoms with Gasteiger partial charge in [-0.1, -0.05) is 0 Å². The Morgan fingerprint density at radius 1 is 1.06 bits per heavy atom. The average molecular weight is 245 g/mol. The SMILES string of the molecule is Nc1ccc(O[NH+]([O-])c2ccc(N=O)cc2)cc1. The zero-order valence-corrected chi connectivity index (χ0v) is 9.37. The predicted molar refractivity (Wildman–Crippen MR) is 67.4 cm³/mol. The molecule has 0 radical (unpaired) electrons. The fourth-order valence-corrected chi connectivity index (χ4v) is 1.36. The first kappa shape index (κ1) is 12.0. The van der Waals surface area contributed by atoms with Gasteiger partial charge in [-0.05, 0) is 41.6 Å². The minimum Gasteiger partial charge on any atom is -0.585 e. The summed E-state index contributed by atoms with van der Waals surface area (Å²) in [6, 6.07) is 12.4. The molecule has 1 unspecified atom stereocenters. The summed E-state index contributed by atoms with van der Waals surface area (Å²) in [5, 5.41) is 14.0. The molecular formula is C12H11N3O3. The Labute approximate surface area is 103 Å². The molecule has 0 saturated heterocycles. The highest BCUT2D eigenvalue weighted by molar-refractivity contribution is 5.44. The Morgan fingerprint density at radius 2 is 1.67 bits per heavy atom. The van der Waals surface area contributed by atoms with Crippen LogP contribution in [0.3, 0.4) is 0 Å². The normalized spacial score (nSPS) is 11.8. The number of hydrogen-bond donors (Lipinski definition) is 2. The molecule has 2 aromatic carbocycles. The second-order valence-corrected chi connectivity index (χ2v) is 3.60. The van der Waals surface area contributed by atoms with Gasteiger partial charge in [-0.15, -0.1) is 10.1 Å². The van der Waals surface area contributed by atoms with Crippen molar-refractivity contribution in [2.24, 2.45) is 5.18 Å². The van der Waals surface area contributed by atoms with Crippen LogP contribution in [0.25, 0.3) is 0 Å². The van der Waals surface area contributed by atoms with Gasteiger partial charge < -0.3 is 15.8 Å². The third-order valence-electron chi connectivity index (χ3n) is 2.30. The van der Waals surface area contributed by atoms with E-state index in [9.17, 15) is 10.1 Å². The fraction of sp³-hybridized carbons (Fsp3) is 0. The Bertz CT molecular complexity index is 525. The first-order chi connectivity index (χ1) is 8.69. The molecule has 0 heterocycles. The van der Waals surface area contributed by atoms with E-state index in [4.69, 9.17) is 10.6 Å². The van der Waals surface area contributed by atoms with Gasteiger partial charge in [0.05, 0.1) is 0 Å². The van der Waals surface area contributed by atoms with Gasteiger partial charge in [0.25, 0.3) is 0 Å². The van der Waals surface area contributed by atoms with E-state index in [0.717, 1.165) is 0 Å². The molecule has 0 bridgehead atoms. The van der Waals surface area contributed by atoms with Gasteiger partial charge in [0.15, 0.2) is 11.4 Å². The van der Waals surface area contributed by atoms with E-state index in [1.807, 2.05) is 0 Å². The minimum atomic E-state index is -0.503. The van der Waals surface area contributed by atoms with Crippen molar-refractivity contribution < 1.29 is 10.1 Å². The molecule has 0 aromatic heterocycles. The lowest BCUT2D eigenvalue weighted by Crippen LogP contribution is -3.04. The summed E-state index contributed by atoms with van der Waals surface area (Å²) >= 11 is 0. The van der Waals surface area contributed by atoms with E-state index in [0.29, 0.717) is 17.1 Å². The maximum Gasteiger partial charge on any atom is 0.191 e. The number of nitroso groups, excluding NO2 is 1. The monoisotopic (exact) mass is 245 g/mol. The molecule has 2 aromatic rings. The number of hydrogen-bond acceptors (Lipinski definition) is 5. The lowest BCUT2D eigenvalue weighted by atomic mass is 10.3. The molecular weight excluding hydrogens is 234 g/mol. The zero-order chi connectivity index (χ0) is 13.0. The molecule has 0 saturated carbocycles. The maximum absolute atomic E-state index is 11.7. The van der Waals surface area contributed by atoms with Gasteiger partial charge in [-0.25, -0.2) is 0 Å². The van der Waals surface area contributed by atoms with E-state index in [-0.39, 0.29) is 5.69 Å². The third-order valence-corrected chi connectivity index (χ3v) is 2.30. The van der Waals surface area contributed by atoms with Crippen molar-refractivity contribution in [3.05, 3.63) is 58.6 Å². The van der Waals surface area contributed by atoms with Crippen molar-refractivity contribution in [3.8, 4) is 5.75 Å².